The van der Waals surface area contributed by atoms with E-state index in [-0.39, 0.29) is 6.03 Å². The molecule has 1 N–H and O–H groups in total. The molecule has 0 bridgehead atoms. The van der Waals surface area contributed by atoms with Crippen LogP contribution in [0.25, 0.3) is 0 Å². The third-order valence-electron chi connectivity index (χ3n) is 4.46. The molecule has 1 saturated heterocycles. The standard InChI is InChI=1S/C19H19ClF3N3O/c20-16-6-4-14(5-7-16)13-24-18(27)26-10-8-25(9-11-26)17-3-1-2-15(12-17)19(21,22)23/h1-7,12H,8-11,13H2,(H,24,27). The second-order valence-electron chi connectivity index (χ2n) is 6.31. The fourth-order valence-corrected chi connectivity index (χ4v) is 3.06. The summed E-state index contributed by atoms with van der Waals surface area (Å²) in [6.45, 7) is 2.25. The molecule has 8 heteroatoms. The molecule has 1 aliphatic heterocycles. The topological polar surface area (TPSA) is 35.6 Å². The summed E-state index contributed by atoms with van der Waals surface area (Å²) in [6, 6.07) is 12.3. The van der Waals surface area contributed by atoms with Crippen molar-refractivity contribution in [1.82, 2.24) is 10.2 Å². The minimum atomic E-state index is -4.36. The fourth-order valence-electron chi connectivity index (χ4n) is 2.94. The van der Waals surface area contributed by atoms with E-state index in [1.165, 1.54) is 6.07 Å². The molecule has 0 radical (unpaired) electrons. The van der Waals surface area contributed by atoms with E-state index in [9.17, 15) is 18.0 Å². The largest absolute Gasteiger partial charge is 0.416 e. The van der Waals surface area contributed by atoms with E-state index < -0.39 is 11.7 Å². The maximum Gasteiger partial charge on any atom is 0.416 e. The average Bonchev–Trinajstić information content (AvgIpc) is 2.67. The van der Waals surface area contributed by atoms with Gasteiger partial charge in [-0.3, -0.25) is 0 Å². The zero-order valence-corrected chi connectivity index (χ0v) is 15.2. The highest BCUT2D eigenvalue weighted by atomic mass is 35.5. The second kappa shape index (κ2) is 8.08. The lowest BCUT2D eigenvalue weighted by atomic mass is 10.1. The van der Waals surface area contributed by atoms with Crippen LogP contribution in [0.5, 0.6) is 0 Å². The van der Waals surface area contributed by atoms with Crippen LogP contribution in [0.15, 0.2) is 48.5 Å². The molecular formula is C19H19ClF3N3O. The Labute approximate surface area is 160 Å². The molecule has 0 aromatic heterocycles. The number of carbonyl (C=O) groups excluding carboxylic acids is 1. The van der Waals surface area contributed by atoms with Gasteiger partial charge in [0.2, 0.25) is 0 Å². The molecule has 2 amide bonds. The van der Waals surface area contributed by atoms with E-state index in [4.69, 9.17) is 11.6 Å². The van der Waals surface area contributed by atoms with Crippen LogP contribution in [0.3, 0.4) is 0 Å². The van der Waals surface area contributed by atoms with Gasteiger partial charge < -0.3 is 15.1 Å². The number of carbonyl (C=O) groups is 1. The molecule has 0 spiro atoms. The molecule has 2 aromatic carbocycles. The Balaban J connectivity index is 1.52. The number of nitrogens with one attached hydrogen (secondary N) is 1. The van der Waals surface area contributed by atoms with Crippen LogP contribution in [0.4, 0.5) is 23.7 Å². The summed E-state index contributed by atoms with van der Waals surface area (Å²) < 4.78 is 38.6. The molecule has 2 aromatic rings. The summed E-state index contributed by atoms with van der Waals surface area (Å²) in [6.07, 6.45) is -4.36. The molecule has 1 heterocycles. The van der Waals surface area contributed by atoms with Crippen molar-refractivity contribution in [1.29, 1.82) is 0 Å². The molecule has 3 rings (SSSR count). The zero-order valence-electron chi connectivity index (χ0n) is 14.5. The number of anilines is 1. The maximum absolute atomic E-state index is 12.9. The summed E-state index contributed by atoms with van der Waals surface area (Å²) in [5.74, 6) is 0. The van der Waals surface area contributed by atoms with Crippen LogP contribution >= 0.6 is 11.6 Å². The van der Waals surface area contributed by atoms with Gasteiger partial charge in [-0.25, -0.2) is 4.79 Å². The van der Waals surface area contributed by atoms with E-state index in [2.05, 4.69) is 5.32 Å². The summed E-state index contributed by atoms with van der Waals surface area (Å²) >= 11 is 5.83. The molecule has 1 fully saturated rings. The van der Waals surface area contributed by atoms with E-state index in [1.54, 1.807) is 23.1 Å². The molecule has 4 nitrogen and oxygen atoms in total. The first-order valence-electron chi connectivity index (χ1n) is 8.52. The number of hydrogen-bond donors (Lipinski definition) is 1. The lowest BCUT2D eigenvalue weighted by molar-refractivity contribution is -0.137. The lowest BCUT2D eigenvalue weighted by Gasteiger charge is -2.36. The minimum Gasteiger partial charge on any atom is -0.368 e. The number of piperazine rings is 1. The van der Waals surface area contributed by atoms with Gasteiger partial charge in [-0.15, -0.1) is 0 Å². The van der Waals surface area contributed by atoms with Crippen LogP contribution < -0.4 is 10.2 Å². The monoisotopic (exact) mass is 397 g/mol. The Morgan fingerprint density at radius 1 is 1.04 bits per heavy atom. The Bertz CT molecular complexity index is 788. The normalized spacial score (nSPS) is 15.0. The van der Waals surface area contributed by atoms with E-state index in [0.717, 1.165) is 17.7 Å². The van der Waals surface area contributed by atoms with Gasteiger partial charge in [0.1, 0.15) is 0 Å². The summed E-state index contributed by atoms with van der Waals surface area (Å²) in [7, 11) is 0. The summed E-state index contributed by atoms with van der Waals surface area (Å²) in [4.78, 5) is 15.8. The number of rotatable bonds is 3. The number of alkyl halides is 3. The predicted molar refractivity (Wildman–Crippen MR) is 98.9 cm³/mol. The molecule has 0 saturated carbocycles. The highest BCUT2D eigenvalue weighted by Crippen LogP contribution is 2.31. The van der Waals surface area contributed by atoms with Gasteiger partial charge >= 0.3 is 12.2 Å². The van der Waals surface area contributed by atoms with Gasteiger partial charge in [0, 0.05) is 43.4 Å². The molecule has 0 unspecified atom stereocenters. The Kier molecular flexibility index (Phi) is 5.79. The number of urea groups is 1. The van der Waals surface area contributed by atoms with Crippen molar-refractivity contribution in [3.63, 3.8) is 0 Å². The first kappa shape index (κ1) is 19.4. The van der Waals surface area contributed by atoms with Gasteiger partial charge in [-0.05, 0) is 35.9 Å². The molecule has 27 heavy (non-hydrogen) atoms. The third kappa shape index (κ3) is 5.07. The number of hydrogen-bond acceptors (Lipinski definition) is 2. The van der Waals surface area contributed by atoms with Crippen LogP contribution in [-0.2, 0) is 12.7 Å². The molecule has 1 aliphatic rings. The van der Waals surface area contributed by atoms with Crippen molar-refractivity contribution in [3.8, 4) is 0 Å². The van der Waals surface area contributed by atoms with Gasteiger partial charge in [0.05, 0.1) is 5.56 Å². The van der Waals surface area contributed by atoms with Crippen molar-refractivity contribution in [3.05, 3.63) is 64.7 Å². The third-order valence-corrected chi connectivity index (χ3v) is 4.71. The fraction of sp³-hybridized carbons (Fsp3) is 0.316. The minimum absolute atomic E-state index is 0.186. The quantitative estimate of drug-likeness (QED) is 0.833. The van der Waals surface area contributed by atoms with Crippen LogP contribution in [0, 0.1) is 0 Å². The van der Waals surface area contributed by atoms with Crippen molar-refractivity contribution in [2.75, 3.05) is 31.1 Å². The zero-order chi connectivity index (χ0) is 19.4. The highest BCUT2D eigenvalue weighted by Gasteiger charge is 2.31. The number of benzene rings is 2. The number of amides is 2. The summed E-state index contributed by atoms with van der Waals surface area (Å²) in [5, 5.41) is 3.48. The Morgan fingerprint density at radius 3 is 2.33 bits per heavy atom. The van der Waals surface area contributed by atoms with E-state index in [1.807, 2.05) is 17.0 Å². The van der Waals surface area contributed by atoms with Crippen molar-refractivity contribution >= 4 is 23.3 Å². The van der Waals surface area contributed by atoms with Crippen LogP contribution in [0.1, 0.15) is 11.1 Å². The molecular weight excluding hydrogens is 379 g/mol. The Hall–Kier alpha value is -2.41. The van der Waals surface area contributed by atoms with E-state index in [0.29, 0.717) is 43.4 Å². The average molecular weight is 398 g/mol. The van der Waals surface area contributed by atoms with Gasteiger partial charge in [0.25, 0.3) is 0 Å². The molecule has 0 atom stereocenters. The molecule has 0 aliphatic carbocycles. The van der Waals surface area contributed by atoms with Gasteiger partial charge in [-0.1, -0.05) is 29.8 Å². The second-order valence-corrected chi connectivity index (χ2v) is 6.74. The van der Waals surface area contributed by atoms with Gasteiger partial charge in [0.15, 0.2) is 0 Å². The predicted octanol–water partition coefficient (Wildman–Crippen LogP) is 4.39. The molecule has 144 valence electrons. The van der Waals surface area contributed by atoms with Crippen molar-refractivity contribution < 1.29 is 18.0 Å². The van der Waals surface area contributed by atoms with Crippen LogP contribution in [0.2, 0.25) is 5.02 Å². The Morgan fingerprint density at radius 2 is 1.70 bits per heavy atom. The lowest BCUT2D eigenvalue weighted by Crippen LogP contribution is -2.51. The van der Waals surface area contributed by atoms with Gasteiger partial charge in [-0.2, -0.15) is 13.2 Å². The first-order valence-corrected chi connectivity index (χ1v) is 8.90. The van der Waals surface area contributed by atoms with Crippen molar-refractivity contribution in [2.45, 2.75) is 12.7 Å². The SMILES string of the molecule is O=C(NCc1ccc(Cl)cc1)N1CCN(c2cccc(C(F)(F)F)c2)CC1. The summed E-state index contributed by atoms with van der Waals surface area (Å²) in [5.41, 5.74) is 0.796. The maximum atomic E-state index is 12.9. The van der Waals surface area contributed by atoms with Crippen LogP contribution in [-0.4, -0.2) is 37.1 Å². The number of nitrogens with zero attached hydrogens (tertiary/aromatic N) is 2. The highest BCUT2D eigenvalue weighted by molar-refractivity contribution is 6.30. The van der Waals surface area contributed by atoms with Crippen molar-refractivity contribution in [2.24, 2.45) is 0 Å². The smallest absolute Gasteiger partial charge is 0.368 e. The first-order chi connectivity index (χ1) is 12.8. The number of halogens is 4. The van der Waals surface area contributed by atoms with E-state index >= 15 is 0 Å².